The van der Waals surface area contributed by atoms with Crippen molar-refractivity contribution < 1.29 is 0 Å². The molecule has 0 atom stereocenters. The first-order chi connectivity index (χ1) is 14.3. The van der Waals surface area contributed by atoms with Gasteiger partial charge in [-0.3, -0.25) is 5.43 Å². The highest BCUT2D eigenvalue weighted by Gasteiger charge is 2.13. The number of nitrogens with zero attached hydrogens (tertiary/aromatic N) is 4. The van der Waals surface area contributed by atoms with Crippen LogP contribution in [0.1, 0.15) is 27.9 Å². The molecule has 0 fully saturated rings. The standard InChI is InChI=1S/C23H21Cl2N5/c1-13-8-15(3)22-19(9-13)14(2)10-21(27-22)28-26-12-20-16(4)29-30(23(20)25)18-7-5-6-17(24)11-18/h5-12H,1-4H3,(H,27,28). The van der Waals surface area contributed by atoms with Crippen molar-refractivity contribution in [1.29, 1.82) is 0 Å². The average molecular weight is 438 g/mol. The van der Waals surface area contributed by atoms with E-state index in [4.69, 9.17) is 28.2 Å². The van der Waals surface area contributed by atoms with Gasteiger partial charge in [0.25, 0.3) is 0 Å². The van der Waals surface area contributed by atoms with E-state index in [9.17, 15) is 0 Å². The molecule has 0 aliphatic heterocycles. The van der Waals surface area contributed by atoms with Crippen LogP contribution in [-0.2, 0) is 0 Å². The van der Waals surface area contributed by atoms with Gasteiger partial charge in [0.15, 0.2) is 0 Å². The number of hydrogen-bond donors (Lipinski definition) is 1. The number of aryl methyl sites for hydroxylation is 4. The van der Waals surface area contributed by atoms with E-state index < -0.39 is 0 Å². The molecule has 2 aromatic carbocycles. The molecule has 0 aliphatic carbocycles. The van der Waals surface area contributed by atoms with E-state index >= 15 is 0 Å². The first-order valence-electron chi connectivity index (χ1n) is 9.52. The van der Waals surface area contributed by atoms with Gasteiger partial charge in [0, 0.05) is 10.4 Å². The van der Waals surface area contributed by atoms with Crippen molar-refractivity contribution in [2.75, 3.05) is 5.43 Å². The molecule has 2 aromatic heterocycles. The Balaban J connectivity index is 1.63. The number of rotatable bonds is 4. The van der Waals surface area contributed by atoms with Crippen LogP contribution >= 0.6 is 23.2 Å². The topological polar surface area (TPSA) is 55.1 Å². The third-order valence-electron chi connectivity index (χ3n) is 4.93. The third kappa shape index (κ3) is 3.91. The molecule has 0 amide bonds. The van der Waals surface area contributed by atoms with Gasteiger partial charge in [0.05, 0.1) is 28.7 Å². The van der Waals surface area contributed by atoms with Gasteiger partial charge < -0.3 is 0 Å². The smallest absolute Gasteiger partial charge is 0.147 e. The van der Waals surface area contributed by atoms with Gasteiger partial charge in [-0.15, -0.1) is 0 Å². The van der Waals surface area contributed by atoms with Crippen LogP contribution in [0.15, 0.2) is 47.6 Å². The number of hydrazone groups is 1. The minimum atomic E-state index is 0.467. The highest BCUT2D eigenvalue weighted by atomic mass is 35.5. The maximum absolute atomic E-state index is 6.56. The van der Waals surface area contributed by atoms with Gasteiger partial charge in [-0.25, -0.2) is 9.67 Å². The van der Waals surface area contributed by atoms with Crippen molar-refractivity contribution in [3.63, 3.8) is 0 Å². The van der Waals surface area contributed by atoms with Crippen LogP contribution in [0.3, 0.4) is 0 Å². The summed E-state index contributed by atoms with van der Waals surface area (Å²) in [5.74, 6) is 0.680. The summed E-state index contributed by atoms with van der Waals surface area (Å²) in [7, 11) is 0. The van der Waals surface area contributed by atoms with Gasteiger partial charge in [-0.2, -0.15) is 10.2 Å². The number of hydrogen-bond acceptors (Lipinski definition) is 4. The molecule has 2 heterocycles. The van der Waals surface area contributed by atoms with Crippen molar-refractivity contribution in [2.45, 2.75) is 27.7 Å². The lowest BCUT2D eigenvalue weighted by molar-refractivity contribution is 0.863. The van der Waals surface area contributed by atoms with Crippen molar-refractivity contribution in [1.82, 2.24) is 14.8 Å². The van der Waals surface area contributed by atoms with Gasteiger partial charge in [-0.05, 0) is 69.2 Å². The first-order valence-corrected chi connectivity index (χ1v) is 10.3. The van der Waals surface area contributed by atoms with Crippen LogP contribution in [0.4, 0.5) is 5.82 Å². The molecule has 0 saturated carbocycles. The molecule has 152 valence electrons. The zero-order valence-corrected chi connectivity index (χ0v) is 18.7. The molecule has 7 heteroatoms. The van der Waals surface area contributed by atoms with Crippen molar-refractivity contribution >= 4 is 46.1 Å². The second-order valence-corrected chi connectivity index (χ2v) is 8.15. The molecule has 5 nitrogen and oxygen atoms in total. The Morgan fingerprint density at radius 1 is 1.00 bits per heavy atom. The molecule has 1 N–H and O–H groups in total. The first kappa shape index (κ1) is 20.4. The molecule has 0 bridgehead atoms. The van der Waals surface area contributed by atoms with Crippen LogP contribution in [0, 0.1) is 27.7 Å². The summed E-state index contributed by atoms with van der Waals surface area (Å²) in [4.78, 5) is 4.72. The monoisotopic (exact) mass is 437 g/mol. The fraction of sp³-hybridized carbons (Fsp3) is 0.174. The SMILES string of the molecule is Cc1cc(C)c2nc(NN=Cc3c(C)nn(-c4cccc(Cl)c4)c3Cl)cc(C)c2c1. The van der Waals surface area contributed by atoms with Gasteiger partial charge >= 0.3 is 0 Å². The van der Waals surface area contributed by atoms with E-state index in [0.717, 1.165) is 39.0 Å². The molecule has 4 rings (SSSR count). The molecular weight excluding hydrogens is 417 g/mol. The molecule has 0 radical (unpaired) electrons. The second kappa shape index (κ2) is 8.09. The third-order valence-corrected chi connectivity index (χ3v) is 5.53. The minimum absolute atomic E-state index is 0.467. The summed E-state index contributed by atoms with van der Waals surface area (Å²) in [5.41, 5.74) is 9.80. The number of nitrogens with one attached hydrogen (secondary N) is 1. The average Bonchev–Trinajstić information content (AvgIpc) is 2.97. The lowest BCUT2D eigenvalue weighted by Crippen LogP contribution is -1.98. The van der Waals surface area contributed by atoms with Gasteiger partial charge in [0.1, 0.15) is 11.0 Å². The number of anilines is 1. The van der Waals surface area contributed by atoms with E-state index in [2.05, 4.69) is 48.5 Å². The lowest BCUT2D eigenvalue weighted by atomic mass is 10.0. The van der Waals surface area contributed by atoms with Gasteiger partial charge in [-0.1, -0.05) is 40.9 Å². The Morgan fingerprint density at radius 3 is 2.57 bits per heavy atom. The summed E-state index contributed by atoms with van der Waals surface area (Å²) in [6.07, 6.45) is 1.66. The largest absolute Gasteiger partial charge is 0.261 e. The van der Waals surface area contributed by atoms with E-state index in [1.807, 2.05) is 37.3 Å². The van der Waals surface area contributed by atoms with E-state index in [1.165, 1.54) is 5.56 Å². The Kier molecular flexibility index (Phi) is 5.50. The number of halogens is 2. The van der Waals surface area contributed by atoms with E-state index in [0.29, 0.717) is 16.0 Å². The number of benzene rings is 2. The molecule has 0 spiro atoms. The Morgan fingerprint density at radius 2 is 1.80 bits per heavy atom. The van der Waals surface area contributed by atoms with Crippen molar-refractivity contribution in [3.05, 3.63) is 80.6 Å². The summed E-state index contributed by atoms with van der Waals surface area (Å²) in [6, 6.07) is 13.7. The van der Waals surface area contributed by atoms with Crippen molar-refractivity contribution in [2.24, 2.45) is 5.10 Å². The Bertz CT molecular complexity index is 1290. The minimum Gasteiger partial charge on any atom is -0.261 e. The molecule has 4 aromatic rings. The second-order valence-electron chi connectivity index (χ2n) is 7.35. The van der Waals surface area contributed by atoms with Crippen LogP contribution in [0.2, 0.25) is 10.2 Å². The molecule has 30 heavy (non-hydrogen) atoms. The highest BCUT2D eigenvalue weighted by molar-refractivity contribution is 6.32. The number of pyridine rings is 1. The number of aromatic nitrogens is 3. The van der Waals surface area contributed by atoms with Crippen LogP contribution in [0.25, 0.3) is 16.6 Å². The van der Waals surface area contributed by atoms with Crippen molar-refractivity contribution in [3.8, 4) is 5.69 Å². The zero-order chi connectivity index (χ0) is 21.4. The van der Waals surface area contributed by atoms with Crippen LogP contribution in [-0.4, -0.2) is 21.0 Å². The fourth-order valence-corrected chi connectivity index (χ4v) is 4.01. The fourth-order valence-electron chi connectivity index (χ4n) is 3.50. The molecule has 0 aliphatic rings. The molecule has 0 saturated heterocycles. The maximum atomic E-state index is 6.56. The number of fused-ring (bicyclic) bond motifs is 1. The zero-order valence-electron chi connectivity index (χ0n) is 17.2. The summed E-state index contributed by atoms with van der Waals surface area (Å²) >= 11 is 12.7. The predicted octanol–water partition coefficient (Wildman–Crippen LogP) is 6.41. The summed E-state index contributed by atoms with van der Waals surface area (Å²) < 4.78 is 1.65. The van der Waals surface area contributed by atoms with E-state index in [1.54, 1.807) is 10.9 Å². The highest BCUT2D eigenvalue weighted by Crippen LogP contribution is 2.26. The summed E-state index contributed by atoms with van der Waals surface area (Å²) in [5, 5.41) is 11.1. The van der Waals surface area contributed by atoms with Crippen LogP contribution in [0.5, 0.6) is 0 Å². The summed E-state index contributed by atoms with van der Waals surface area (Å²) in [6.45, 7) is 8.13. The Hall–Kier alpha value is -2.89. The molecular formula is C23H21Cl2N5. The van der Waals surface area contributed by atoms with E-state index in [-0.39, 0.29) is 0 Å². The Labute approximate surface area is 185 Å². The predicted molar refractivity (Wildman–Crippen MR) is 125 cm³/mol. The van der Waals surface area contributed by atoms with Gasteiger partial charge in [0.2, 0.25) is 0 Å². The lowest BCUT2D eigenvalue weighted by Gasteiger charge is -2.09. The van der Waals surface area contributed by atoms with Crippen LogP contribution < -0.4 is 5.43 Å². The quantitative estimate of drug-likeness (QED) is 0.296. The maximum Gasteiger partial charge on any atom is 0.147 e. The normalized spacial score (nSPS) is 11.5. The molecule has 0 unspecified atom stereocenters.